The van der Waals surface area contributed by atoms with Crippen LogP contribution in [0.3, 0.4) is 0 Å². The predicted molar refractivity (Wildman–Crippen MR) is 164 cm³/mol. The summed E-state index contributed by atoms with van der Waals surface area (Å²) in [5.74, 6) is -2.70. The molecule has 1 fully saturated rings. The van der Waals surface area contributed by atoms with Crippen molar-refractivity contribution in [3.05, 3.63) is 78.8 Å². The lowest BCUT2D eigenvalue weighted by Gasteiger charge is -2.41. The number of halogens is 2. The number of rotatable bonds is 9. The molecule has 5 rings (SSSR count). The molecule has 3 heterocycles. The Labute approximate surface area is 263 Å². The first-order valence-corrected chi connectivity index (χ1v) is 15.4. The van der Waals surface area contributed by atoms with Crippen molar-refractivity contribution in [3.63, 3.8) is 0 Å². The number of carbonyl (C=O) groups excluding carboxylic acids is 2. The molecule has 2 aromatic carbocycles. The van der Waals surface area contributed by atoms with Crippen molar-refractivity contribution < 1.29 is 31.5 Å². The van der Waals surface area contributed by atoms with Crippen molar-refractivity contribution in [2.45, 2.75) is 24.3 Å². The minimum absolute atomic E-state index is 0.0669. The van der Waals surface area contributed by atoms with Crippen LogP contribution in [0.4, 0.5) is 20.3 Å². The van der Waals surface area contributed by atoms with Gasteiger partial charge in [-0.05, 0) is 48.9 Å². The number of nitrogens with one attached hydrogen (secondary N) is 1. The molecule has 1 aliphatic heterocycles. The Balaban J connectivity index is 1.48. The fraction of sp³-hybridized carbons (Fsp3) is 0.226. The molecule has 1 aliphatic rings. The number of nitriles is 1. The molecular formula is C31H27F2N7O5S. The van der Waals surface area contributed by atoms with E-state index < -0.39 is 32.6 Å². The summed E-state index contributed by atoms with van der Waals surface area (Å²) in [6, 6.07) is 11.1. The number of nitrogens with zero attached hydrogens (tertiary/aromatic N) is 6. The predicted octanol–water partition coefficient (Wildman–Crippen LogP) is 3.86. The number of anilines is 2. The first kappa shape index (κ1) is 31.9. The van der Waals surface area contributed by atoms with E-state index in [9.17, 15) is 32.0 Å². The lowest BCUT2D eigenvalue weighted by Crippen LogP contribution is -2.55. The molecule has 1 N–H and O–H groups in total. The normalized spacial score (nSPS) is 15.2. The Kier molecular flexibility index (Phi) is 9.19. The highest BCUT2D eigenvalue weighted by Crippen LogP contribution is 2.34. The van der Waals surface area contributed by atoms with Crippen LogP contribution in [-0.2, 0) is 19.6 Å². The minimum Gasteiger partial charge on any atom is -0.480 e. The number of aromatic nitrogens is 3. The summed E-state index contributed by atoms with van der Waals surface area (Å²) in [6.45, 7) is 2.32. The van der Waals surface area contributed by atoms with Gasteiger partial charge in [-0.1, -0.05) is 12.1 Å². The zero-order valence-corrected chi connectivity index (χ0v) is 25.5. The van der Waals surface area contributed by atoms with Gasteiger partial charge < -0.3 is 14.5 Å². The molecule has 15 heteroatoms. The standard InChI is InChI=1S/C31H27F2N7O5S/c1-19(41)6-9-28(42)40-13-12-39(17-22(40)10-11-34)30-23-14-20(7-8-26(23)36-18-37-30)21-15-27(31(45-2)35-16-21)38-46(43,44)29-24(32)4-3-5-25(29)33/h3-9,14-16,18,22,38H,10,12-13,17H2,1-2H3/b9-6+/t22-/m0/s1. The van der Waals surface area contributed by atoms with Gasteiger partial charge in [-0.3, -0.25) is 14.3 Å². The van der Waals surface area contributed by atoms with E-state index >= 15 is 0 Å². The van der Waals surface area contributed by atoms with E-state index in [-0.39, 0.29) is 36.2 Å². The molecule has 1 saturated heterocycles. The smallest absolute Gasteiger partial charge is 0.267 e. The summed E-state index contributed by atoms with van der Waals surface area (Å²) >= 11 is 0. The monoisotopic (exact) mass is 647 g/mol. The first-order chi connectivity index (χ1) is 22.0. The molecule has 1 amide bonds. The van der Waals surface area contributed by atoms with Crippen LogP contribution >= 0.6 is 0 Å². The van der Waals surface area contributed by atoms with Gasteiger partial charge >= 0.3 is 0 Å². The molecule has 12 nitrogen and oxygen atoms in total. The molecule has 0 aliphatic carbocycles. The Bertz CT molecular complexity index is 2000. The highest BCUT2D eigenvalue weighted by atomic mass is 32.2. The van der Waals surface area contributed by atoms with Crippen LogP contribution in [0.1, 0.15) is 13.3 Å². The van der Waals surface area contributed by atoms with Gasteiger partial charge in [0.05, 0.1) is 31.2 Å². The molecule has 0 spiro atoms. The number of amides is 1. The van der Waals surface area contributed by atoms with Crippen LogP contribution in [0.5, 0.6) is 5.88 Å². The fourth-order valence-corrected chi connectivity index (χ4v) is 6.35. The van der Waals surface area contributed by atoms with E-state index in [1.54, 1.807) is 23.1 Å². The largest absolute Gasteiger partial charge is 0.480 e. The molecular weight excluding hydrogens is 620 g/mol. The molecule has 0 bridgehead atoms. The highest BCUT2D eigenvalue weighted by Gasteiger charge is 2.31. The van der Waals surface area contributed by atoms with Gasteiger partial charge in [-0.2, -0.15) is 5.26 Å². The quantitative estimate of drug-likeness (QED) is 0.265. The third kappa shape index (κ3) is 6.61. The van der Waals surface area contributed by atoms with Crippen LogP contribution in [-0.4, -0.2) is 72.7 Å². The average Bonchev–Trinajstić information content (AvgIpc) is 3.02. The third-order valence-corrected chi connectivity index (χ3v) is 8.69. The van der Waals surface area contributed by atoms with Gasteiger partial charge in [0, 0.05) is 42.9 Å². The van der Waals surface area contributed by atoms with Gasteiger partial charge in [-0.25, -0.2) is 32.2 Å². The maximum Gasteiger partial charge on any atom is 0.267 e. The van der Waals surface area contributed by atoms with Crippen molar-refractivity contribution in [2.75, 3.05) is 36.4 Å². The Morgan fingerprint density at radius 2 is 1.85 bits per heavy atom. The minimum atomic E-state index is -4.71. The number of piperazine rings is 1. The summed E-state index contributed by atoms with van der Waals surface area (Å²) < 4.78 is 62.1. The zero-order valence-electron chi connectivity index (χ0n) is 24.6. The number of fused-ring (bicyclic) bond motifs is 1. The van der Waals surface area contributed by atoms with Gasteiger partial charge in [0.15, 0.2) is 10.7 Å². The Morgan fingerprint density at radius 3 is 2.54 bits per heavy atom. The number of benzene rings is 2. The van der Waals surface area contributed by atoms with Crippen LogP contribution in [0.2, 0.25) is 0 Å². The molecule has 4 aromatic rings. The van der Waals surface area contributed by atoms with Gasteiger partial charge in [0.25, 0.3) is 10.0 Å². The van der Waals surface area contributed by atoms with Crippen LogP contribution < -0.4 is 14.4 Å². The number of ether oxygens (including phenoxy) is 1. The maximum absolute atomic E-state index is 14.3. The second kappa shape index (κ2) is 13.2. The van der Waals surface area contributed by atoms with E-state index in [0.717, 1.165) is 18.2 Å². The molecule has 1 atom stereocenters. The van der Waals surface area contributed by atoms with Crippen molar-refractivity contribution in [1.29, 1.82) is 5.26 Å². The van der Waals surface area contributed by atoms with Gasteiger partial charge in [-0.15, -0.1) is 0 Å². The Hall–Kier alpha value is -5.49. The molecule has 0 unspecified atom stereocenters. The van der Waals surface area contributed by atoms with Crippen LogP contribution in [0, 0.1) is 23.0 Å². The van der Waals surface area contributed by atoms with Gasteiger partial charge in [0.1, 0.15) is 29.5 Å². The van der Waals surface area contributed by atoms with Gasteiger partial charge in [0.2, 0.25) is 11.8 Å². The molecule has 46 heavy (non-hydrogen) atoms. The first-order valence-electron chi connectivity index (χ1n) is 13.9. The number of methoxy groups -OCH3 is 1. The van der Waals surface area contributed by atoms with Crippen LogP contribution in [0.25, 0.3) is 22.0 Å². The molecule has 2 aromatic heterocycles. The van der Waals surface area contributed by atoms with Crippen LogP contribution in [0.15, 0.2) is 72.0 Å². The van der Waals surface area contributed by atoms with E-state index in [0.29, 0.717) is 40.9 Å². The molecule has 236 valence electrons. The fourth-order valence-electron chi connectivity index (χ4n) is 5.16. The van der Waals surface area contributed by atoms with Crippen molar-refractivity contribution in [3.8, 4) is 23.1 Å². The summed E-state index contributed by atoms with van der Waals surface area (Å²) in [7, 11) is -3.44. The van der Waals surface area contributed by atoms with E-state index in [1.165, 1.54) is 44.8 Å². The second-order valence-corrected chi connectivity index (χ2v) is 11.9. The van der Waals surface area contributed by atoms with E-state index in [2.05, 4.69) is 25.7 Å². The number of sulfonamides is 1. The SMILES string of the molecule is COc1ncc(-c2ccc3ncnc(N4CCN(C(=O)/C=C/C(C)=O)[C@@H](CC#N)C4)c3c2)cc1NS(=O)(=O)c1c(F)cccc1F. The summed E-state index contributed by atoms with van der Waals surface area (Å²) in [4.78, 5) is 39.5. The topological polar surface area (TPSA) is 158 Å². The zero-order chi connectivity index (χ0) is 33.0. The lowest BCUT2D eigenvalue weighted by atomic mass is 10.0. The van der Waals surface area contributed by atoms with Crippen molar-refractivity contribution in [1.82, 2.24) is 19.9 Å². The number of hydrogen-bond donors (Lipinski definition) is 1. The Morgan fingerprint density at radius 1 is 1.09 bits per heavy atom. The number of carbonyl (C=O) groups is 2. The molecule has 0 radical (unpaired) electrons. The van der Waals surface area contributed by atoms with Crippen molar-refractivity contribution >= 4 is 44.1 Å². The maximum atomic E-state index is 14.3. The number of ketones is 1. The third-order valence-electron chi connectivity index (χ3n) is 7.28. The van der Waals surface area contributed by atoms with E-state index in [4.69, 9.17) is 4.74 Å². The number of allylic oxidation sites excluding steroid dienone is 1. The highest BCUT2D eigenvalue weighted by molar-refractivity contribution is 7.92. The van der Waals surface area contributed by atoms with E-state index in [1.807, 2.05) is 4.90 Å². The summed E-state index contributed by atoms with van der Waals surface area (Å²) in [5.41, 5.74) is 1.49. The average molecular weight is 648 g/mol. The molecule has 0 saturated carbocycles. The summed E-state index contributed by atoms with van der Waals surface area (Å²) in [5, 5.41) is 10.1. The second-order valence-electron chi connectivity index (χ2n) is 10.3. The summed E-state index contributed by atoms with van der Waals surface area (Å²) in [6.07, 6.45) is 5.33. The number of hydrogen-bond acceptors (Lipinski definition) is 10. The lowest BCUT2D eigenvalue weighted by molar-refractivity contribution is -0.128. The number of pyridine rings is 1. The van der Waals surface area contributed by atoms with Crippen molar-refractivity contribution in [2.24, 2.45) is 0 Å².